The zero-order valence-electron chi connectivity index (χ0n) is 9.45. The highest BCUT2D eigenvalue weighted by Crippen LogP contribution is 2.26. The quantitative estimate of drug-likeness (QED) is 0.826. The fraction of sp³-hybridized carbons (Fsp3) is 0.182. The summed E-state index contributed by atoms with van der Waals surface area (Å²) < 4.78 is 9.96. The first kappa shape index (κ1) is 11.7. The predicted molar refractivity (Wildman–Crippen MR) is 63.5 cm³/mol. The Kier molecular flexibility index (Phi) is 3.77. The predicted octanol–water partition coefficient (Wildman–Crippen LogP) is 2.04. The van der Waals surface area contributed by atoms with Gasteiger partial charge in [0.1, 0.15) is 0 Å². The van der Waals surface area contributed by atoms with Crippen molar-refractivity contribution in [2.24, 2.45) is 0 Å². The van der Waals surface area contributed by atoms with Gasteiger partial charge in [0, 0.05) is 4.90 Å². The highest BCUT2D eigenvalue weighted by molar-refractivity contribution is 7.99. The lowest BCUT2D eigenvalue weighted by Gasteiger charge is -2.04. The van der Waals surface area contributed by atoms with Crippen molar-refractivity contribution in [3.05, 3.63) is 30.3 Å². The lowest BCUT2D eigenvalue weighted by atomic mass is 10.4. The minimum absolute atomic E-state index is 0.246. The second-order valence-corrected chi connectivity index (χ2v) is 4.05. The Morgan fingerprint density at radius 2 is 1.47 bits per heavy atom. The summed E-state index contributed by atoms with van der Waals surface area (Å²) in [7, 11) is 3.01. The van der Waals surface area contributed by atoms with Crippen LogP contribution in [0, 0.1) is 0 Å². The second kappa shape index (κ2) is 5.49. The molecule has 5 nitrogen and oxygen atoms in total. The van der Waals surface area contributed by atoms with E-state index < -0.39 is 0 Å². The number of benzene rings is 1. The monoisotopic (exact) mass is 249 g/mol. The van der Waals surface area contributed by atoms with Gasteiger partial charge in [0.2, 0.25) is 5.16 Å². The van der Waals surface area contributed by atoms with Crippen molar-refractivity contribution < 1.29 is 9.47 Å². The standard InChI is InChI=1S/C11H11N3O2S/c1-15-9-12-10(16-2)14-11(13-9)17-8-6-4-3-5-7-8/h3-7H,1-2H3. The van der Waals surface area contributed by atoms with Crippen LogP contribution in [-0.4, -0.2) is 29.2 Å². The van der Waals surface area contributed by atoms with Crippen molar-refractivity contribution in [1.29, 1.82) is 0 Å². The van der Waals surface area contributed by atoms with Gasteiger partial charge < -0.3 is 9.47 Å². The van der Waals surface area contributed by atoms with Gasteiger partial charge in [-0.3, -0.25) is 0 Å². The summed E-state index contributed by atoms with van der Waals surface area (Å²) in [5.74, 6) is 0. The molecule has 0 aliphatic heterocycles. The van der Waals surface area contributed by atoms with E-state index in [2.05, 4.69) is 15.0 Å². The molecule has 0 amide bonds. The summed E-state index contributed by atoms with van der Waals surface area (Å²) in [5, 5.41) is 0.542. The maximum absolute atomic E-state index is 4.98. The lowest BCUT2D eigenvalue weighted by Crippen LogP contribution is -2.00. The van der Waals surface area contributed by atoms with E-state index in [0.29, 0.717) is 5.16 Å². The van der Waals surface area contributed by atoms with Gasteiger partial charge in [-0.15, -0.1) is 4.98 Å². The molecule has 2 aromatic rings. The van der Waals surface area contributed by atoms with Crippen LogP contribution in [0.2, 0.25) is 0 Å². The van der Waals surface area contributed by atoms with E-state index in [4.69, 9.17) is 9.47 Å². The molecule has 0 fully saturated rings. The van der Waals surface area contributed by atoms with E-state index in [9.17, 15) is 0 Å². The molecular formula is C11H11N3O2S. The Hall–Kier alpha value is -1.82. The maximum atomic E-state index is 4.98. The number of ether oxygens (including phenoxy) is 2. The summed E-state index contributed by atoms with van der Waals surface area (Å²) >= 11 is 1.42. The first-order valence-corrected chi connectivity index (χ1v) is 5.70. The molecule has 1 aromatic heterocycles. The van der Waals surface area contributed by atoms with E-state index in [0.717, 1.165) is 4.90 Å². The molecule has 88 valence electrons. The van der Waals surface area contributed by atoms with Crippen LogP contribution < -0.4 is 9.47 Å². The van der Waals surface area contributed by atoms with Gasteiger partial charge in [0.25, 0.3) is 0 Å². The zero-order valence-corrected chi connectivity index (χ0v) is 10.3. The van der Waals surface area contributed by atoms with Gasteiger partial charge in [0.15, 0.2) is 0 Å². The summed E-state index contributed by atoms with van der Waals surface area (Å²) in [6.45, 7) is 0. The first-order valence-electron chi connectivity index (χ1n) is 4.89. The molecule has 0 aliphatic rings. The lowest BCUT2D eigenvalue weighted by molar-refractivity contribution is 0.332. The van der Waals surface area contributed by atoms with Gasteiger partial charge in [0.05, 0.1) is 14.2 Å². The summed E-state index contributed by atoms with van der Waals surface area (Å²) in [5.41, 5.74) is 0. The van der Waals surface area contributed by atoms with Crippen molar-refractivity contribution in [3.8, 4) is 12.0 Å². The Morgan fingerprint density at radius 3 is 2.00 bits per heavy atom. The Bertz CT molecular complexity index is 471. The third-order valence-electron chi connectivity index (χ3n) is 1.89. The minimum Gasteiger partial charge on any atom is -0.467 e. The fourth-order valence-corrected chi connectivity index (χ4v) is 1.89. The fourth-order valence-electron chi connectivity index (χ4n) is 1.14. The van der Waals surface area contributed by atoms with Crippen molar-refractivity contribution >= 4 is 11.8 Å². The van der Waals surface area contributed by atoms with Crippen molar-refractivity contribution in [1.82, 2.24) is 15.0 Å². The van der Waals surface area contributed by atoms with E-state index in [1.807, 2.05) is 30.3 Å². The van der Waals surface area contributed by atoms with Crippen LogP contribution in [-0.2, 0) is 0 Å². The van der Waals surface area contributed by atoms with Crippen LogP contribution in [0.3, 0.4) is 0 Å². The Labute approximate surface area is 103 Å². The number of hydrogen-bond donors (Lipinski definition) is 0. The van der Waals surface area contributed by atoms with Crippen molar-refractivity contribution in [2.45, 2.75) is 10.1 Å². The van der Waals surface area contributed by atoms with Gasteiger partial charge >= 0.3 is 12.0 Å². The number of rotatable bonds is 4. The largest absolute Gasteiger partial charge is 0.467 e. The molecule has 0 saturated heterocycles. The van der Waals surface area contributed by atoms with Crippen LogP contribution in [0.5, 0.6) is 12.0 Å². The van der Waals surface area contributed by atoms with Crippen LogP contribution in [0.4, 0.5) is 0 Å². The maximum Gasteiger partial charge on any atom is 0.323 e. The van der Waals surface area contributed by atoms with E-state index in [1.165, 1.54) is 26.0 Å². The molecule has 0 radical (unpaired) electrons. The third-order valence-corrected chi connectivity index (χ3v) is 2.76. The van der Waals surface area contributed by atoms with Gasteiger partial charge in [-0.1, -0.05) is 18.2 Å². The van der Waals surface area contributed by atoms with Crippen LogP contribution in [0.25, 0.3) is 0 Å². The number of nitrogens with zero attached hydrogens (tertiary/aromatic N) is 3. The molecule has 2 rings (SSSR count). The molecule has 0 bridgehead atoms. The average Bonchev–Trinajstić information content (AvgIpc) is 2.39. The van der Waals surface area contributed by atoms with Crippen LogP contribution in [0.15, 0.2) is 40.4 Å². The Balaban J connectivity index is 2.26. The van der Waals surface area contributed by atoms with Gasteiger partial charge in [-0.05, 0) is 23.9 Å². The van der Waals surface area contributed by atoms with E-state index in [-0.39, 0.29) is 12.0 Å². The molecule has 17 heavy (non-hydrogen) atoms. The molecular weight excluding hydrogens is 238 g/mol. The molecule has 0 N–H and O–H groups in total. The van der Waals surface area contributed by atoms with Gasteiger partial charge in [-0.25, -0.2) is 0 Å². The molecule has 6 heteroatoms. The summed E-state index contributed by atoms with van der Waals surface area (Å²) in [4.78, 5) is 13.2. The van der Waals surface area contributed by atoms with E-state index >= 15 is 0 Å². The summed E-state index contributed by atoms with van der Waals surface area (Å²) in [6.07, 6.45) is 0. The van der Waals surface area contributed by atoms with Crippen molar-refractivity contribution in [2.75, 3.05) is 14.2 Å². The molecule has 0 unspecified atom stereocenters. The number of hydrogen-bond acceptors (Lipinski definition) is 6. The SMILES string of the molecule is COc1nc(OC)nc(Sc2ccccc2)n1. The third kappa shape index (κ3) is 3.07. The molecule has 1 heterocycles. The zero-order chi connectivity index (χ0) is 12.1. The van der Waals surface area contributed by atoms with Crippen molar-refractivity contribution in [3.63, 3.8) is 0 Å². The summed E-state index contributed by atoms with van der Waals surface area (Å²) in [6, 6.07) is 10.3. The normalized spacial score (nSPS) is 10.0. The topological polar surface area (TPSA) is 57.1 Å². The highest BCUT2D eigenvalue weighted by Gasteiger charge is 2.08. The molecule has 0 atom stereocenters. The van der Waals surface area contributed by atoms with E-state index in [1.54, 1.807) is 0 Å². The first-order chi connectivity index (χ1) is 8.31. The second-order valence-electron chi connectivity index (χ2n) is 3.01. The van der Waals surface area contributed by atoms with Crippen LogP contribution in [0.1, 0.15) is 0 Å². The molecule has 0 saturated carbocycles. The molecule has 1 aromatic carbocycles. The molecule has 0 aliphatic carbocycles. The highest BCUT2D eigenvalue weighted by atomic mass is 32.2. The van der Waals surface area contributed by atoms with Crippen LogP contribution >= 0.6 is 11.8 Å². The minimum atomic E-state index is 0.246. The Morgan fingerprint density at radius 1 is 0.882 bits per heavy atom. The number of methoxy groups -OCH3 is 2. The molecule has 0 spiro atoms. The van der Waals surface area contributed by atoms with Gasteiger partial charge in [-0.2, -0.15) is 9.97 Å². The number of aromatic nitrogens is 3. The smallest absolute Gasteiger partial charge is 0.323 e. The average molecular weight is 249 g/mol.